The average Bonchev–Trinajstić information content (AvgIpc) is 0.903. The van der Waals surface area contributed by atoms with Crippen LogP contribution in [0.3, 0.4) is 0 Å². The lowest BCUT2D eigenvalue weighted by Gasteiger charge is -2.21. The van der Waals surface area contributed by atoms with Gasteiger partial charge in [0.15, 0.2) is 6.10 Å². The van der Waals surface area contributed by atoms with Crippen molar-refractivity contribution in [2.24, 2.45) is 0 Å². The van der Waals surface area contributed by atoms with Crippen LogP contribution >= 0.6 is 15.6 Å². The number of phosphoric acid groups is 2. The van der Waals surface area contributed by atoms with Gasteiger partial charge in [0.25, 0.3) is 0 Å². The Bertz CT molecular complexity index is 2510. The zero-order chi connectivity index (χ0) is 79.4. The highest BCUT2D eigenvalue weighted by atomic mass is 31.2. The second kappa shape index (κ2) is 83.1. The number of aliphatic hydroxyl groups excluding tert-OH is 2. The van der Waals surface area contributed by atoms with Gasteiger partial charge in [-0.25, -0.2) is 9.13 Å². The number of allylic oxidation sites excluding steroid dienone is 22. The van der Waals surface area contributed by atoms with Gasteiger partial charge in [-0.2, -0.15) is 0 Å². The quantitative estimate of drug-likeness (QED) is 0.0146. The van der Waals surface area contributed by atoms with Crippen molar-refractivity contribution < 1.29 is 75.8 Å². The van der Waals surface area contributed by atoms with E-state index in [9.17, 15) is 43.5 Å². The van der Waals surface area contributed by atoms with Crippen molar-refractivity contribution in [2.45, 2.75) is 386 Å². The third-order valence-corrected chi connectivity index (χ3v) is 20.2. The highest BCUT2D eigenvalue weighted by Crippen LogP contribution is 2.45. The maximum absolute atomic E-state index is 13.0. The number of hydrogen-bond acceptors (Lipinski definition) is 14. The zero-order valence-electron chi connectivity index (χ0n) is 68.9. The molecule has 16 nitrogen and oxygen atoms in total. The largest absolute Gasteiger partial charge is 0.472 e. The van der Waals surface area contributed by atoms with E-state index in [1.165, 1.54) is 161 Å². The number of unbranched alkanes of at least 4 members (excludes halogenated alkanes) is 37. The minimum Gasteiger partial charge on any atom is -0.463 e. The first-order valence-corrected chi connectivity index (χ1v) is 46.5. The second-order valence-corrected chi connectivity index (χ2v) is 31.9. The first-order valence-electron chi connectivity index (χ1n) is 43.5. The molecule has 0 fully saturated rings. The van der Waals surface area contributed by atoms with Crippen LogP contribution in [0, 0.1) is 0 Å². The molecule has 0 aromatic heterocycles. The molecule has 0 aromatic carbocycles. The number of ether oxygens (including phenoxy) is 3. The van der Waals surface area contributed by atoms with Gasteiger partial charge < -0.3 is 34.2 Å². The molecule has 18 heteroatoms. The molecule has 5 unspecified atom stereocenters. The van der Waals surface area contributed by atoms with Crippen LogP contribution in [0.2, 0.25) is 0 Å². The minimum absolute atomic E-state index is 0.0860. The van der Waals surface area contributed by atoms with E-state index in [2.05, 4.69) is 154 Å². The fourth-order valence-corrected chi connectivity index (χ4v) is 13.3. The second-order valence-electron chi connectivity index (χ2n) is 29.0. The molecule has 0 bridgehead atoms. The summed E-state index contributed by atoms with van der Waals surface area (Å²) in [5.74, 6) is -1.59. The van der Waals surface area contributed by atoms with E-state index in [-0.39, 0.29) is 19.3 Å². The van der Waals surface area contributed by atoms with Crippen LogP contribution in [0.5, 0.6) is 0 Å². The SMILES string of the molecule is CC/C=C\C/C=C\C/C=C\C/C=C\C/C=C\CCCCCCCCCCCCCCCCCCCC(=O)OCC(O)COP(=O)(O)OCC(O)COP(=O)(O)OCC(COC(=O)CCCCCCCCCCC/C=C\C/C=C\C/C=C\C/C=C\CCCCC)OC(=O)CCCCCCC/C=C\C/C=C\CCCCC. The van der Waals surface area contributed by atoms with Crippen molar-refractivity contribution in [1.29, 1.82) is 0 Å². The molecule has 0 saturated heterocycles. The Hall–Kier alpha value is -4.31. The van der Waals surface area contributed by atoms with Gasteiger partial charge in [0.05, 0.1) is 26.4 Å². The minimum atomic E-state index is -4.94. The first kappa shape index (κ1) is 105. The van der Waals surface area contributed by atoms with E-state index >= 15 is 0 Å². The molecule has 4 N–H and O–H groups in total. The van der Waals surface area contributed by atoms with E-state index < -0.39 is 91.5 Å². The maximum atomic E-state index is 13.0. The molecule has 109 heavy (non-hydrogen) atoms. The normalized spacial score (nSPS) is 14.5. The molecule has 0 aliphatic rings. The molecule has 0 heterocycles. The lowest BCUT2D eigenvalue weighted by Crippen LogP contribution is -2.30. The monoisotopic (exact) mass is 1570 g/mol. The van der Waals surface area contributed by atoms with E-state index in [0.717, 1.165) is 148 Å². The van der Waals surface area contributed by atoms with E-state index in [1.807, 2.05) is 0 Å². The van der Waals surface area contributed by atoms with Crippen molar-refractivity contribution in [3.63, 3.8) is 0 Å². The van der Waals surface area contributed by atoms with Gasteiger partial charge >= 0.3 is 33.6 Å². The van der Waals surface area contributed by atoms with Crippen LogP contribution in [-0.4, -0.2) is 95.9 Å². The van der Waals surface area contributed by atoms with Crippen LogP contribution in [0.4, 0.5) is 0 Å². The van der Waals surface area contributed by atoms with Gasteiger partial charge in [-0.15, -0.1) is 0 Å². The zero-order valence-corrected chi connectivity index (χ0v) is 70.7. The Morgan fingerprint density at radius 3 is 0.771 bits per heavy atom. The molecule has 0 aromatic rings. The molecule has 628 valence electrons. The van der Waals surface area contributed by atoms with Crippen molar-refractivity contribution in [1.82, 2.24) is 0 Å². The Kier molecular flexibility index (Phi) is 79.8. The molecule has 0 aliphatic carbocycles. The standard InChI is InChI=1S/C91H158O16P2/c1-4-7-10-13-16-19-22-25-28-30-32-34-36-38-39-40-41-42-43-44-45-47-49-50-52-54-57-59-62-65-68-71-74-77-89(94)101-80-86(92)81-103-108(97,98)104-82-87(93)83-105-109(99,100)106-85-88(107-91(96)79-76-73-70-67-64-61-56-27-24-21-18-15-12-9-6-3)84-102-90(95)78-75-72-69-66-63-60-58-55-53-51-48-46-37-35-33-31-29-26-23-20-17-14-11-8-5-2/h7,10,16-21,25-29,32-35,38-39,46,48,56,86-88,92-93H,4-6,8-9,11-15,22-24,30-31,36-37,40-45,47,49-55,57-85H2,1-3H3,(H,97,98)(H,99,100)/b10-7-,19-16-,20-17-,21-18-,28-25-,29-26-,34-32-,35-33-,39-38-,48-46-,56-27-. The Balaban J connectivity index is 4.47. The molecule has 0 spiro atoms. The van der Waals surface area contributed by atoms with Crippen LogP contribution in [0.25, 0.3) is 0 Å². The van der Waals surface area contributed by atoms with Gasteiger partial charge in [0, 0.05) is 19.3 Å². The van der Waals surface area contributed by atoms with Gasteiger partial charge in [-0.3, -0.25) is 32.5 Å². The third-order valence-electron chi connectivity index (χ3n) is 18.3. The third kappa shape index (κ3) is 84.4. The van der Waals surface area contributed by atoms with Crippen LogP contribution in [-0.2, 0) is 55.8 Å². The first-order chi connectivity index (χ1) is 53.2. The molecule has 0 radical (unpaired) electrons. The van der Waals surface area contributed by atoms with Gasteiger partial charge in [-0.05, 0) is 141 Å². The molecule has 0 aliphatic heterocycles. The van der Waals surface area contributed by atoms with E-state index in [0.29, 0.717) is 19.3 Å². The van der Waals surface area contributed by atoms with E-state index in [4.69, 9.17) is 32.3 Å². The highest BCUT2D eigenvalue weighted by Gasteiger charge is 2.29. The van der Waals surface area contributed by atoms with Gasteiger partial charge in [-0.1, -0.05) is 341 Å². The predicted octanol–water partition coefficient (Wildman–Crippen LogP) is 26.2. The smallest absolute Gasteiger partial charge is 0.463 e. The van der Waals surface area contributed by atoms with Crippen molar-refractivity contribution in [2.75, 3.05) is 39.6 Å². The maximum Gasteiger partial charge on any atom is 0.472 e. The number of carbonyl (C=O) groups is 3. The van der Waals surface area contributed by atoms with Crippen LogP contribution in [0.1, 0.15) is 367 Å². The summed E-state index contributed by atoms with van der Waals surface area (Å²) in [5, 5.41) is 20.7. The van der Waals surface area contributed by atoms with Crippen molar-refractivity contribution >= 4 is 33.6 Å². The summed E-state index contributed by atoms with van der Waals surface area (Å²) in [6.45, 7) is 2.53. The van der Waals surface area contributed by atoms with Gasteiger partial charge in [0.2, 0.25) is 0 Å². The van der Waals surface area contributed by atoms with Crippen molar-refractivity contribution in [3.8, 4) is 0 Å². The molecule has 0 amide bonds. The summed E-state index contributed by atoms with van der Waals surface area (Å²) >= 11 is 0. The Morgan fingerprint density at radius 1 is 0.266 bits per heavy atom. The summed E-state index contributed by atoms with van der Waals surface area (Å²) in [6.07, 6.45) is 102. The topological polar surface area (TPSA) is 231 Å². The number of phosphoric ester groups is 2. The fourth-order valence-electron chi connectivity index (χ4n) is 11.7. The van der Waals surface area contributed by atoms with Crippen LogP contribution < -0.4 is 0 Å². The summed E-state index contributed by atoms with van der Waals surface area (Å²) in [7, 11) is -9.80. The number of esters is 3. The number of carbonyl (C=O) groups excluding carboxylic acids is 3. The molecule has 0 saturated carbocycles. The van der Waals surface area contributed by atoms with E-state index in [1.54, 1.807) is 0 Å². The highest BCUT2D eigenvalue weighted by molar-refractivity contribution is 7.47. The molecular weight excluding hydrogens is 1410 g/mol. The lowest BCUT2D eigenvalue weighted by atomic mass is 10.0. The van der Waals surface area contributed by atoms with Crippen molar-refractivity contribution in [3.05, 3.63) is 134 Å². The lowest BCUT2D eigenvalue weighted by molar-refractivity contribution is -0.161. The molecular formula is C91H158O16P2. The number of aliphatic hydroxyl groups is 2. The predicted molar refractivity (Wildman–Crippen MR) is 454 cm³/mol. The molecule has 5 atom stereocenters. The summed E-state index contributed by atoms with van der Waals surface area (Å²) < 4.78 is 61.3. The number of rotatable bonds is 82. The Labute approximate surface area is 665 Å². The number of hydrogen-bond donors (Lipinski definition) is 4. The van der Waals surface area contributed by atoms with Gasteiger partial charge in [0.1, 0.15) is 25.4 Å². The summed E-state index contributed by atoms with van der Waals surface area (Å²) in [4.78, 5) is 58.8. The molecule has 0 rings (SSSR count). The average molecular weight is 1570 g/mol. The summed E-state index contributed by atoms with van der Waals surface area (Å²) in [5.41, 5.74) is 0. The van der Waals surface area contributed by atoms with Crippen LogP contribution in [0.15, 0.2) is 134 Å². The Morgan fingerprint density at radius 2 is 0.486 bits per heavy atom. The summed E-state index contributed by atoms with van der Waals surface area (Å²) in [6, 6.07) is 0. The fraction of sp³-hybridized carbons (Fsp3) is 0.725.